The average molecular weight is 302 g/mol. The van der Waals surface area contributed by atoms with E-state index in [1.165, 1.54) is 9.13 Å². The molecular weight excluding hydrogens is 291 g/mol. The minimum atomic E-state index is 0.0450. The van der Waals surface area contributed by atoms with Crippen molar-refractivity contribution in [2.75, 3.05) is 13.1 Å². The van der Waals surface area contributed by atoms with Crippen molar-refractivity contribution in [3.8, 4) is 0 Å². The Hall–Kier alpha value is -0.780. The largest absolute Gasteiger partial charge is 0.336 e. The predicted octanol–water partition coefficient (Wildman–Crippen LogP) is 1.82. The van der Waals surface area contributed by atoms with Crippen molar-refractivity contribution in [1.82, 2.24) is 10.2 Å². The van der Waals surface area contributed by atoms with Gasteiger partial charge in [0.1, 0.15) is 0 Å². The van der Waals surface area contributed by atoms with Crippen LogP contribution in [-0.2, 0) is 6.54 Å². The quantitative estimate of drug-likeness (QED) is 0.830. The molecule has 4 heteroatoms. The summed E-state index contributed by atoms with van der Waals surface area (Å²) in [4.78, 5) is 13.1. The molecule has 1 N–H and O–H groups in total. The molecular formula is C10H11IN2O. The highest BCUT2D eigenvalue weighted by atomic mass is 127. The highest BCUT2D eigenvalue weighted by Crippen LogP contribution is 2.10. The van der Waals surface area contributed by atoms with Gasteiger partial charge in [0, 0.05) is 23.2 Å². The second kappa shape index (κ2) is 4.16. The Kier molecular flexibility index (Phi) is 2.90. The van der Waals surface area contributed by atoms with Crippen molar-refractivity contribution in [3.05, 3.63) is 33.4 Å². The number of amides is 2. The normalized spacial score (nSPS) is 15.8. The van der Waals surface area contributed by atoms with Crippen molar-refractivity contribution in [1.29, 1.82) is 0 Å². The highest BCUT2D eigenvalue weighted by molar-refractivity contribution is 14.1. The molecule has 0 unspecified atom stereocenters. The zero-order valence-corrected chi connectivity index (χ0v) is 9.82. The number of nitrogens with one attached hydrogen (secondary N) is 1. The third-order valence-corrected chi connectivity index (χ3v) is 2.95. The molecule has 0 atom stereocenters. The van der Waals surface area contributed by atoms with Crippen LogP contribution in [0.3, 0.4) is 0 Å². The fraction of sp³-hybridized carbons (Fsp3) is 0.300. The maximum atomic E-state index is 11.3. The molecule has 2 amide bonds. The molecule has 0 saturated carbocycles. The summed E-state index contributed by atoms with van der Waals surface area (Å²) in [6, 6.07) is 8.29. The summed E-state index contributed by atoms with van der Waals surface area (Å²) in [6.45, 7) is 2.29. The lowest BCUT2D eigenvalue weighted by Gasteiger charge is -2.13. The number of halogens is 1. The standard InChI is InChI=1S/C10H11IN2O/c11-9-3-1-8(2-4-9)7-13-6-5-12-10(13)14/h1-4H,5-7H2,(H,12,14). The number of benzene rings is 1. The van der Waals surface area contributed by atoms with Crippen LogP contribution in [0, 0.1) is 3.57 Å². The van der Waals surface area contributed by atoms with E-state index in [0.717, 1.165) is 13.1 Å². The van der Waals surface area contributed by atoms with Crippen LogP contribution in [0.25, 0.3) is 0 Å². The van der Waals surface area contributed by atoms with Crippen molar-refractivity contribution in [2.24, 2.45) is 0 Å². The van der Waals surface area contributed by atoms with Gasteiger partial charge in [0.2, 0.25) is 0 Å². The predicted molar refractivity (Wildman–Crippen MR) is 63.0 cm³/mol. The second-order valence-corrected chi connectivity index (χ2v) is 4.53. The molecule has 14 heavy (non-hydrogen) atoms. The van der Waals surface area contributed by atoms with Gasteiger partial charge in [-0.2, -0.15) is 0 Å². The summed E-state index contributed by atoms with van der Waals surface area (Å²) in [7, 11) is 0. The Balaban J connectivity index is 2.03. The Morgan fingerprint density at radius 1 is 1.36 bits per heavy atom. The van der Waals surface area contributed by atoms with Crippen molar-refractivity contribution < 1.29 is 4.79 Å². The first-order valence-corrected chi connectivity index (χ1v) is 5.61. The van der Waals surface area contributed by atoms with Crippen LogP contribution in [0.4, 0.5) is 4.79 Å². The summed E-state index contributed by atoms with van der Waals surface area (Å²) < 4.78 is 1.22. The van der Waals surface area contributed by atoms with Crippen LogP contribution in [0.15, 0.2) is 24.3 Å². The van der Waals surface area contributed by atoms with Crippen LogP contribution >= 0.6 is 22.6 Å². The minimum Gasteiger partial charge on any atom is -0.336 e. The van der Waals surface area contributed by atoms with E-state index in [-0.39, 0.29) is 6.03 Å². The average Bonchev–Trinajstić information content (AvgIpc) is 2.56. The van der Waals surface area contributed by atoms with Gasteiger partial charge in [0.15, 0.2) is 0 Å². The summed E-state index contributed by atoms with van der Waals surface area (Å²) in [6.07, 6.45) is 0. The second-order valence-electron chi connectivity index (χ2n) is 3.28. The molecule has 3 nitrogen and oxygen atoms in total. The number of carbonyl (C=O) groups excluding carboxylic acids is 1. The van der Waals surface area contributed by atoms with Gasteiger partial charge in [-0.25, -0.2) is 4.79 Å². The Bertz CT molecular complexity index is 336. The van der Waals surface area contributed by atoms with Gasteiger partial charge >= 0.3 is 6.03 Å². The summed E-state index contributed by atoms with van der Waals surface area (Å²) in [5.74, 6) is 0. The lowest BCUT2D eigenvalue weighted by atomic mass is 10.2. The summed E-state index contributed by atoms with van der Waals surface area (Å²) >= 11 is 2.27. The van der Waals surface area contributed by atoms with Gasteiger partial charge in [-0.05, 0) is 40.3 Å². The van der Waals surface area contributed by atoms with Gasteiger partial charge < -0.3 is 10.2 Å². The SMILES string of the molecule is O=C1NCCN1Cc1ccc(I)cc1. The number of hydrogen-bond donors (Lipinski definition) is 1. The highest BCUT2D eigenvalue weighted by Gasteiger charge is 2.18. The smallest absolute Gasteiger partial charge is 0.317 e. The van der Waals surface area contributed by atoms with Crippen LogP contribution < -0.4 is 5.32 Å². The van der Waals surface area contributed by atoms with Crippen LogP contribution in [0.5, 0.6) is 0 Å². The Morgan fingerprint density at radius 2 is 2.07 bits per heavy atom. The molecule has 1 aliphatic heterocycles. The Morgan fingerprint density at radius 3 is 2.64 bits per heavy atom. The monoisotopic (exact) mass is 302 g/mol. The molecule has 1 saturated heterocycles. The topological polar surface area (TPSA) is 32.3 Å². The molecule has 0 radical (unpaired) electrons. The van der Waals surface area contributed by atoms with Crippen LogP contribution in [0.1, 0.15) is 5.56 Å². The maximum absolute atomic E-state index is 11.3. The molecule has 1 aliphatic rings. The molecule has 1 fully saturated rings. The third kappa shape index (κ3) is 2.17. The fourth-order valence-electron chi connectivity index (χ4n) is 1.47. The first kappa shape index (κ1) is 9.76. The molecule has 0 aromatic heterocycles. The zero-order chi connectivity index (χ0) is 9.97. The van der Waals surface area contributed by atoms with Gasteiger partial charge in [-0.1, -0.05) is 12.1 Å². The maximum Gasteiger partial charge on any atom is 0.317 e. The number of nitrogens with zero attached hydrogens (tertiary/aromatic N) is 1. The number of carbonyl (C=O) groups is 1. The minimum absolute atomic E-state index is 0.0450. The molecule has 1 aromatic rings. The van der Waals surface area contributed by atoms with E-state index < -0.39 is 0 Å². The number of rotatable bonds is 2. The van der Waals surface area contributed by atoms with Gasteiger partial charge in [-0.15, -0.1) is 0 Å². The van der Waals surface area contributed by atoms with Crippen LogP contribution in [0.2, 0.25) is 0 Å². The summed E-state index contributed by atoms with van der Waals surface area (Å²) in [5, 5.41) is 2.79. The van der Waals surface area contributed by atoms with Crippen molar-refractivity contribution >= 4 is 28.6 Å². The molecule has 74 valence electrons. The molecule has 0 aliphatic carbocycles. The first-order chi connectivity index (χ1) is 6.75. The molecule has 1 aromatic carbocycles. The van der Waals surface area contributed by atoms with Gasteiger partial charge in [0.25, 0.3) is 0 Å². The van der Waals surface area contributed by atoms with E-state index in [0.29, 0.717) is 6.54 Å². The van der Waals surface area contributed by atoms with Crippen LogP contribution in [-0.4, -0.2) is 24.0 Å². The van der Waals surface area contributed by atoms with E-state index in [9.17, 15) is 4.79 Å². The first-order valence-electron chi connectivity index (χ1n) is 4.53. The number of urea groups is 1. The zero-order valence-electron chi connectivity index (χ0n) is 7.66. The fourth-order valence-corrected chi connectivity index (χ4v) is 1.83. The van der Waals surface area contributed by atoms with Gasteiger partial charge in [0.05, 0.1) is 0 Å². The molecule has 0 bridgehead atoms. The lowest BCUT2D eigenvalue weighted by molar-refractivity contribution is 0.215. The molecule has 2 rings (SSSR count). The van der Waals surface area contributed by atoms with Crippen molar-refractivity contribution in [2.45, 2.75) is 6.54 Å². The third-order valence-electron chi connectivity index (χ3n) is 2.23. The van der Waals surface area contributed by atoms with E-state index in [4.69, 9.17) is 0 Å². The van der Waals surface area contributed by atoms with Gasteiger partial charge in [-0.3, -0.25) is 0 Å². The van der Waals surface area contributed by atoms with E-state index in [1.807, 2.05) is 4.90 Å². The Labute approximate surface area is 96.6 Å². The summed E-state index contributed by atoms with van der Waals surface area (Å²) in [5.41, 5.74) is 1.18. The lowest BCUT2D eigenvalue weighted by Crippen LogP contribution is -2.27. The van der Waals surface area contributed by atoms with Crippen molar-refractivity contribution in [3.63, 3.8) is 0 Å². The van der Waals surface area contributed by atoms with E-state index in [2.05, 4.69) is 52.2 Å². The molecule has 1 heterocycles. The van der Waals surface area contributed by atoms with E-state index >= 15 is 0 Å². The molecule has 0 spiro atoms. The number of hydrogen-bond acceptors (Lipinski definition) is 1. The van der Waals surface area contributed by atoms with E-state index in [1.54, 1.807) is 0 Å².